The lowest BCUT2D eigenvalue weighted by Gasteiger charge is -2.52. The fraction of sp³-hybridized carbons (Fsp3) is 0.500. The van der Waals surface area contributed by atoms with Crippen molar-refractivity contribution in [2.45, 2.75) is 57.6 Å². The van der Waals surface area contributed by atoms with Crippen molar-refractivity contribution >= 4 is 17.7 Å². The predicted molar refractivity (Wildman–Crippen MR) is 145 cm³/mol. The van der Waals surface area contributed by atoms with Gasteiger partial charge < -0.3 is 24.4 Å². The average molecular weight is 493 g/mol. The van der Waals surface area contributed by atoms with Gasteiger partial charge in [-0.3, -0.25) is 4.79 Å². The summed E-state index contributed by atoms with van der Waals surface area (Å²) in [6.45, 7) is 6.77. The first-order chi connectivity index (χ1) is 17.4. The molecule has 2 aliphatic rings. The van der Waals surface area contributed by atoms with Crippen molar-refractivity contribution in [2.24, 2.45) is 5.92 Å². The normalized spacial score (nSPS) is 23.9. The Hall–Kier alpha value is -2.99. The van der Waals surface area contributed by atoms with Crippen molar-refractivity contribution in [3.63, 3.8) is 0 Å². The molecule has 6 nitrogen and oxygen atoms in total. The molecule has 1 saturated carbocycles. The van der Waals surface area contributed by atoms with E-state index in [1.54, 1.807) is 20.3 Å². The van der Waals surface area contributed by atoms with E-state index in [1.807, 2.05) is 29.2 Å². The van der Waals surface area contributed by atoms with Gasteiger partial charge in [-0.25, -0.2) is 0 Å². The molecule has 0 radical (unpaired) electrons. The molecule has 2 aromatic rings. The van der Waals surface area contributed by atoms with E-state index in [4.69, 9.17) is 9.47 Å². The maximum atomic E-state index is 13.6. The molecule has 1 aliphatic heterocycles. The van der Waals surface area contributed by atoms with Crippen molar-refractivity contribution in [1.29, 1.82) is 0 Å². The lowest BCUT2D eigenvalue weighted by atomic mass is 9.66. The number of piperidine rings is 1. The van der Waals surface area contributed by atoms with Gasteiger partial charge in [0.1, 0.15) is 0 Å². The highest BCUT2D eigenvalue weighted by Gasteiger charge is 2.49. The molecule has 0 bridgehead atoms. The van der Waals surface area contributed by atoms with Crippen LogP contribution >= 0.6 is 0 Å². The molecule has 36 heavy (non-hydrogen) atoms. The van der Waals surface area contributed by atoms with Crippen LogP contribution in [0.5, 0.6) is 11.5 Å². The third kappa shape index (κ3) is 5.24. The molecule has 1 N–H and O–H groups in total. The summed E-state index contributed by atoms with van der Waals surface area (Å²) < 4.78 is 10.7. The number of hydrogen-bond acceptors (Lipinski definition) is 5. The molecule has 2 fully saturated rings. The van der Waals surface area contributed by atoms with Gasteiger partial charge in [0.15, 0.2) is 11.5 Å². The van der Waals surface area contributed by atoms with Gasteiger partial charge in [0.05, 0.1) is 25.9 Å². The van der Waals surface area contributed by atoms with E-state index >= 15 is 0 Å². The molecule has 2 aromatic carbocycles. The van der Waals surface area contributed by atoms with Crippen LogP contribution in [0, 0.1) is 5.92 Å². The Bertz CT molecular complexity index is 1060. The van der Waals surface area contributed by atoms with Crippen molar-refractivity contribution < 1.29 is 19.4 Å². The number of carbonyl (C=O) groups excluding carboxylic acids is 1. The fourth-order valence-corrected chi connectivity index (χ4v) is 6.03. The van der Waals surface area contributed by atoms with Crippen LogP contribution in [0.4, 0.5) is 5.69 Å². The van der Waals surface area contributed by atoms with Gasteiger partial charge in [-0.15, -0.1) is 0 Å². The summed E-state index contributed by atoms with van der Waals surface area (Å²) in [6.07, 6.45) is 7.98. The number of fused-ring (bicyclic) bond motifs is 1. The SMILES string of the molecule is CCN(CC)c1ccc(C2C3CCCCC3(O)CCN2C(=O)C=Cc2ccc(OC)c(OC)c2)cc1. The van der Waals surface area contributed by atoms with Gasteiger partial charge in [-0.1, -0.05) is 31.0 Å². The Balaban J connectivity index is 1.63. The number of likely N-dealkylation sites (tertiary alicyclic amines) is 1. The van der Waals surface area contributed by atoms with E-state index in [0.29, 0.717) is 24.5 Å². The highest BCUT2D eigenvalue weighted by Crippen LogP contribution is 2.49. The zero-order chi connectivity index (χ0) is 25.7. The quantitative estimate of drug-likeness (QED) is 0.496. The molecule has 0 spiro atoms. The van der Waals surface area contributed by atoms with E-state index in [-0.39, 0.29) is 17.9 Å². The predicted octanol–water partition coefficient (Wildman–Crippen LogP) is 5.46. The molecule has 1 saturated heterocycles. The Morgan fingerprint density at radius 3 is 2.44 bits per heavy atom. The molecule has 1 heterocycles. The van der Waals surface area contributed by atoms with Crippen LogP contribution < -0.4 is 14.4 Å². The first kappa shape index (κ1) is 26.1. The molecule has 194 valence electrons. The van der Waals surface area contributed by atoms with Gasteiger partial charge in [-0.05, 0) is 74.6 Å². The molecular formula is C30H40N2O4. The summed E-state index contributed by atoms with van der Waals surface area (Å²) in [5, 5.41) is 11.6. The van der Waals surface area contributed by atoms with Crippen molar-refractivity contribution in [2.75, 3.05) is 38.8 Å². The molecule has 0 aromatic heterocycles. The second-order valence-corrected chi connectivity index (χ2v) is 9.89. The van der Waals surface area contributed by atoms with E-state index in [1.165, 1.54) is 5.69 Å². The van der Waals surface area contributed by atoms with Crippen LogP contribution in [-0.2, 0) is 4.79 Å². The molecule has 1 aliphatic carbocycles. The van der Waals surface area contributed by atoms with Gasteiger partial charge in [0, 0.05) is 37.3 Å². The first-order valence-corrected chi connectivity index (χ1v) is 13.2. The number of methoxy groups -OCH3 is 2. The van der Waals surface area contributed by atoms with E-state index < -0.39 is 5.60 Å². The number of carbonyl (C=O) groups is 1. The van der Waals surface area contributed by atoms with Gasteiger partial charge >= 0.3 is 0 Å². The average Bonchev–Trinajstić information content (AvgIpc) is 2.91. The Labute approximate surface area is 215 Å². The number of anilines is 1. The maximum absolute atomic E-state index is 13.6. The molecule has 3 unspecified atom stereocenters. The largest absolute Gasteiger partial charge is 0.493 e. The zero-order valence-electron chi connectivity index (χ0n) is 22.1. The van der Waals surface area contributed by atoms with Gasteiger partial charge in [-0.2, -0.15) is 0 Å². The Kier molecular flexibility index (Phi) is 8.24. The third-order valence-corrected chi connectivity index (χ3v) is 8.04. The lowest BCUT2D eigenvalue weighted by molar-refractivity contribution is -0.150. The summed E-state index contributed by atoms with van der Waals surface area (Å²) in [7, 11) is 3.21. The van der Waals surface area contributed by atoms with Crippen LogP contribution in [0.1, 0.15) is 63.1 Å². The number of nitrogens with zero attached hydrogens (tertiary/aromatic N) is 2. The smallest absolute Gasteiger partial charge is 0.247 e. The molecule has 6 heteroatoms. The summed E-state index contributed by atoms with van der Waals surface area (Å²) in [5.41, 5.74) is 2.45. The van der Waals surface area contributed by atoms with Crippen molar-refractivity contribution in [1.82, 2.24) is 4.90 Å². The zero-order valence-corrected chi connectivity index (χ0v) is 22.1. The number of aliphatic hydroxyl groups is 1. The number of benzene rings is 2. The number of ether oxygens (including phenoxy) is 2. The Morgan fingerprint density at radius 2 is 1.78 bits per heavy atom. The van der Waals surface area contributed by atoms with Crippen LogP contribution in [-0.4, -0.2) is 55.4 Å². The van der Waals surface area contributed by atoms with E-state index in [2.05, 4.69) is 43.0 Å². The van der Waals surface area contributed by atoms with Crippen molar-refractivity contribution in [3.05, 3.63) is 59.7 Å². The minimum atomic E-state index is -0.704. The van der Waals surface area contributed by atoms with Crippen molar-refractivity contribution in [3.8, 4) is 11.5 Å². The molecule has 1 amide bonds. The van der Waals surface area contributed by atoms with E-state index in [9.17, 15) is 9.90 Å². The minimum Gasteiger partial charge on any atom is -0.493 e. The summed E-state index contributed by atoms with van der Waals surface area (Å²) in [6, 6.07) is 14.1. The topological polar surface area (TPSA) is 62.2 Å². The highest BCUT2D eigenvalue weighted by atomic mass is 16.5. The van der Waals surface area contributed by atoms with Crippen LogP contribution in [0.15, 0.2) is 48.5 Å². The first-order valence-electron chi connectivity index (χ1n) is 13.2. The molecular weight excluding hydrogens is 452 g/mol. The minimum absolute atomic E-state index is 0.0322. The standard InChI is InChI=1S/C30H40N2O4/c1-5-31(6-2)24-14-12-23(13-15-24)29-25-9-7-8-18-30(25,34)19-20-32(29)28(33)17-11-22-10-16-26(35-3)27(21-22)36-4/h10-17,21,25,29,34H,5-9,18-20H2,1-4H3. The molecule has 3 atom stereocenters. The van der Waals surface area contributed by atoms with E-state index in [0.717, 1.165) is 49.9 Å². The lowest BCUT2D eigenvalue weighted by Crippen LogP contribution is -2.56. The Morgan fingerprint density at radius 1 is 1.06 bits per heavy atom. The summed E-state index contributed by atoms with van der Waals surface area (Å²) in [5.74, 6) is 1.29. The number of hydrogen-bond donors (Lipinski definition) is 1. The van der Waals surface area contributed by atoms with Crippen LogP contribution in [0.3, 0.4) is 0 Å². The van der Waals surface area contributed by atoms with Crippen LogP contribution in [0.2, 0.25) is 0 Å². The summed E-state index contributed by atoms with van der Waals surface area (Å²) >= 11 is 0. The highest BCUT2D eigenvalue weighted by molar-refractivity contribution is 5.92. The maximum Gasteiger partial charge on any atom is 0.247 e. The van der Waals surface area contributed by atoms with Crippen LogP contribution in [0.25, 0.3) is 6.08 Å². The monoisotopic (exact) mass is 492 g/mol. The fourth-order valence-electron chi connectivity index (χ4n) is 6.03. The second kappa shape index (κ2) is 11.4. The molecule has 4 rings (SSSR count). The van der Waals surface area contributed by atoms with Gasteiger partial charge in [0.2, 0.25) is 5.91 Å². The summed E-state index contributed by atoms with van der Waals surface area (Å²) in [4.78, 5) is 17.9. The number of rotatable bonds is 8. The second-order valence-electron chi connectivity index (χ2n) is 9.89. The number of amides is 1. The third-order valence-electron chi connectivity index (χ3n) is 8.04. The van der Waals surface area contributed by atoms with Gasteiger partial charge in [0.25, 0.3) is 0 Å².